The van der Waals surface area contributed by atoms with Gasteiger partial charge in [-0.05, 0) is 31.0 Å². The summed E-state index contributed by atoms with van der Waals surface area (Å²) in [5.74, 6) is 4.62. The van der Waals surface area contributed by atoms with Gasteiger partial charge in [0.15, 0.2) is 0 Å². The maximum atomic E-state index is 13.2. The average Bonchev–Trinajstić information content (AvgIpc) is 2.96. The maximum Gasteiger partial charge on any atom is 0.143 e. The molecule has 0 radical (unpaired) electrons. The summed E-state index contributed by atoms with van der Waals surface area (Å²) < 4.78 is 22.3. The number of hydrogen-bond donors (Lipinski definition) is 1. The Kier molecular flexibility index (Phi) is 3.29. The van der Waals surface area contributed by atoms with Gasteiger partial charge in [-0.2, -0.15) is 5.10 Å². The highest BCUT2D eigenvalue weighted by Crippen LogP contribution is 2.36. The molecule has 0 fully saturated rings. The number of nitrogens with zero attached hydrogens (tertiary/aromatic N) is 3. The molecule has 1 atom stereocenters. The van der Waals surface area contributed by atoms with Crippen LogP contribution in [-0.2, 0) is 16.3 Å². The first-order valence-corrected chi connectivity index (χ1v) is 8.40. The van der Waals surface area contributed by atoms with Gasteiger partial charge in [0.2, 0.25) is 0 Å². The van der Waals surface area contributed by atoms with Crippen LogP contribution >= 0.6 is 0 Å². The highest BCUT2D eigenvalue weighted by molar-refractivity contribution is 8.01. The van der Waals surface area contributed by atoms with Gasteiger partial charge in [-0.3, -0.25) is 8.99 Å². The molecule has 3 rings (SSSR count). The number of benzene rings is 1. The minimum Gasteiger partial charge on any atom is -0.489 e. The molecule has 112 valence electrons. The van der Waals surface area contributed by atoms with Gasteiger partial charge >= 0.3 is 0 Å². The second-order valence-corrected chi connectivity index (χ2v) is 7.04. The molecule has 1 aliphatic rings. The van der Waals surface area contributed by atoms with Crippen molar-refractivity contribution in [2.24, 2.45) is 0 Å². The minimum atomic E-state index is -2.67. The zero-order valence-corrected chi connectivity index (χ0v) is 12.7. The molecule has 1 aliphatic heterocycles. The predicted molar refractivity (Wildman–Crippen MR) is 85.1 cm³/mol. The molecule has 1 aromatic carbocycles. The molecule has 2 N–H and O–H groups in total. The van der Waals surface area contributed by atoms with Gasteiger partial charge < -0.3 is 10.5 Å². The molecular formula is C14H18N4O2S. The van der Waals surface area contributed by atoms with Crippen molar-refractivity contribution in [2.45, 2.75) is 18.4 Å². The van der Waals surface area contributed by atoms with E-state index in [2.05, 4.69) is 11.0 Å². The third kappa shape index (κ3) is 2.33. The lowest BCUT2D eigenvalue weighted by Crippen LogP contribution is -2.37. The number of rotatable bonds is 3. The Bertz CT molecular complexity index is 767. The Labute approximate surface area is 124 Å². The highest BCUT2D eigenvalue weighted by Gasteiger charge is 2.26. The van der Waals surface area contributed by atoms with Gasteiger partial charge in [0.1, 0.15) is 12.4 Å². The largest absolute Gasteiger partial charge is 0.489 e. The Morgan fingerprint density at radius 2 is 2.33 bits per heavy atom. The Morgan fingerprint density at radius 3 is 3.05 bits per heavy atom. The van der Waals surface area contributed by atoms with Crippen molar-refractivity contribution in [3.05, 3.63) is 30.6 Å². The average molecular weight is 306 g/mol. The lowest BCUT2D eigenvalue weighted by atomic mass is 10.2. The first-order chi connectivity index (χ1) is 10.0. The monoisotopic (exact) mass is 306 g/mol. The molecule has 1 unspecified atom stereocenters. The molecule has 0 spiro atoms. The van der Waals surface area contributed by atoms with Crippen LogP contribution in [0.2, 0.25) is 0 Å². The van der Waals surface area contributed by atoms with Crippen molar-refractivity contribution in [3.63, 3.8) is 0 Å². The van der Waals surface area contributed by atoms with Crippen LogP contribution in [0.25, 0.3) is 0 Å². The molecule has 7 heteroatoms. The summed E-state index contributed by atoms with van der Waals surface area (Å²) in [4.78, 5) is 0.611. The van der Waals surface area contributed by atoms with Crippen LogP contribution in [-0.4, -0.2) is 33.0 Å². The van der Waals surface area contributed by atoms with E-state index in [1.807, 2.05) is 6.92 Å². The van der Waals surface area contributed by atoms with E-state index in [4.69, 9.17) is 10.5 Å². The third-order valence-corrected chi connectivity index (χ3v) is 5.50. The lowest BCUT2D eigenvalue weighted by molar-refractivity contribution is 0.317. The molecule has 2 aromatic rings. The smallest absolute Gasteiger partial charge is 0.143 e. The summed E-state index contributed by atoms with van der Waals surface area (Å²) in [6.45, 7) is 3.66. The standard InChI is InChI=1S/C14H18N4O2S/c1-3-17-10-12(9-16-17)21(2,19)18-6-7-20-14-5-4-11(15)8-13(14)18/h4-5,8-10H,2-3,6-7,15H2,1H3. The van der Waals surface area contributed by atoms with Crippen molar-refractivity contribution >= 4 is 27.0 Å². The van der Waals surface area contributed by atoms with Gasteiger partial charge in [-0.1, -0.05) is 0 Å². The number of fused-ring (bicyclic) bond motifs is 1. The number of aryl methyl sites for hydroxylation is 1. The lowest BCUT2D eigenvalue weighted by Gasteiger charge is -2.33. The van der Waals surface area contributed by atoms with E-state index >= 15 is 0 Å². The van der Waals surface area contributed by atoms with E-state index in [0.717, 1.165) is 6.54 Å². The number of nitrogens with two attached hydrogens (primary N) is 1. The van der Waals surface area contributed by atoms with Gasteiger partial charge in [0.25, 0.3) is 0 Å². The molecular weight excluding hydrogens is 288 g/mol. The van der Waals surface area contributed by atoms with Gasteiger partial charge in [-0.15, -0.1) is 0 Å². The second kappa shape index (κ2) is 5.00. The van der Waals surface area contributed by atoms with E-state index < -0.39 is 9.71 Å². The second-order valence-electron chi connectivity index (χ2n) is 4.85. The van der Waals surface area contributed by atoms with Crippen LogP contribution in [0.3, 0.4) is 0 Å². The van der Waals surface area contributed by atoms with E-state index in [1.165, 1.54) is 0 Å². The van der Waals surface area contributed by atoms with Crippen LogP contribution in [0.1, 0.15) is 6.92 Å². The molecule has 0 amide bonds. The molecule has 0 aliphatic carbocycles. The number of anilines is 2. The van der Waals surface area contributed by atoms with Crippen LogP contribution in [0.15, 0.2) is 35.5 Å². The predicted octanol–water partition coefficient (Wildman–Crippen LogP) is 1.37. The summed E-state index contributed by atoms with van der Waals surface area (Å²) in [5, 5.41) is 4.18. The topological polar surface area (TPSA) is 73.4 Å². The Morgan fingerprint density at radius 1 is 1.52 bits per heavy atom. The summed E-state index contributed by atoms with van der Waals surface area (Å²) in [7, 11) is -2.67. The summed E-state index contributed by atoms with van der Waals surface area (Å²) in [6.07, 6.45) is 3.39. The molecule has 0 saturated heterocycles. The zero-order valence-electron chi connectivity index (χ0n) is 11.9. The summed E-state index contributed by atoms with van der Waals surface area (Å²) in [5.41, 5.74) is 7.15. The van der Waals surface area contributed by atoms with Crippen LogP contribution < -0.4 is 14.8 Å². The first-order valence-electron chi connectivity index (χ1n) is 6.72. The van der Waals surface area contributed by atoms with E-state index in [9.17, 15) is 4.21 Å². The fraction of sp³-hybridized carbons (Fsp3) is 0.286. The van der Waals surface area contributed by atoms with Gasteiger partial charge in [-0.25, -0.2) is 4.21 Å². The first kappa shape index (κ1) is 13.8. The van der Waals surface area contributed by atoms with Crippen LogP contribution in [0.4, 0.5) is 11.4 Å². The number of ether oxygens (including phenoxy) is 1. The highest BCUT2D eigenvalue weighted by atomic mass is 32.2. The fourth-order valence-corrected chi connectivity index (χ4v) is 3.91. The molecule has 0 saturated carbocycles. The minimum absolute atomic E-state index is 0.464. The van der Waals surface area contributed by atoms with Crippen molar-refractivity contribution in [3.8, 4) is 5.75 Å². The van der Waals surface area contributed by atoms with Gasteiger partial charge in [0, 0.05) is 18.4 Å². The molecule has 6 nitrogen and oxygen atoms in total. The number of aromatic nitrogens is 2. The van der Waals surface area contributed by atoms with Crippen LogP contribution in [0.5, 0.6) is 5.75 Å². The van der Waals surface area contributed by atoms with Crippen molar-refractivity contribution in [1.82, 2.24) is 9.78 Å². The normalized spacial score (nSPS) is 16.9. The summed E-state index contributed by atoms with van der Waals surface area (Å²) in [6, 6.07) is 5.33. The van der Waals surface area contributed by atoms with E-state index in [0.29, 0.717) is 35.2 Å². The van der Waals surface area contributed by atoms with Crippen molar-refractivity contribution in [2.75, 3.05) is 23.2 Å². The Hall–Kier alpha value is -2.15. The third-order valence-electron chi connectivity index (χ3n) is 3.46. The Balaban J connectivity index is 2.07. The van der Waals surface area contributed by atoms with E-state index in [1.54, 1.807) is 39.6 Å². The quantitative estimate of drug-likeness (QED) is 0.687. The van der Waals surface area contributed by atoms with E-state index in [-0.39, 0.29) is 0 Å². The zero-order chi connectivity index (χ0) is 15.0. The maximum absolute atomic E-state index is 13.2. The molecule has 2 heterocycles. The van der Waals surface area contributed by atoms with Crippen molar-refractivity contribution in [1.29, 1.82) is 0 Å². The fourth-order valence-electron chi connectivity index (χ4n) is 2.33. The summed E-state index contributed by atoms with van der Waals surface area (Å²) >= 11 is 0. The number of nitrogen functional groups attached to an aromatic ring is 1. The SMILES string of the molecule is C=S(=O)(c1cnn(CC)c1)N1CCOc2ccc(N)cc21. The molecule has 1 aromatic heterocycles. The number of hydrogen-bond acceptors (Lipinski definition) is 4. The molecule has 21 heavy (non-hydrogen) atoms. The van der Waals surface area contributed by atoms with Crippen LogP contribution in [0, 0.1) is 0 Å². The van der Waals surface area contributed by atoms with Gasteiger partial charge in [0.05, 0.1) is 33.0 Å². The van der Waals surface area contributed by atoms with Crippen molar-refractivity contribution < 1.29 is 8.95 Å². The molecule has 0 bridgehead atoms.